The lowest BCUT2D eigenvalue weighted by Crippen LogP contribution is -1.82. The summed E-state index contributed by atoms with van der Waals surface area (Å²) in [6, 6.07) is 1.66. The first-order valence-electron chi connectivity index (χ1n) is 3.06. The number of rotatable bonds is 0. The first-order chi connectivity index (χ1) is 5.29. The number of fused-ring (bicyclic) bond motifs is 1. The Morgan fingerprint density at radius 3 is 3.09 bits per heavy atom. The predicted octanol–water partition coefficient (Wildman–Crippen LogP) is 2.46. The lowest BCUT2D eigenvalue weighted by atomic mass is 10.3. The third-order valence-electron chi connectivity index (χ3n) is 1.50. The molecule has 0 aliphatic heterocycles. The molecule has 0 aliphatic rings. The zero-order chi connectivity index (χ0) is 7.84. The van der Waals surface area contributed by atoms with Crippen LogP contribution in [-0.2, 0) is 0 Å². The van der Waals surface area contributed by atoms with Gasteiger partial charge in [-0.15, -0.1) is 0 Å². The molecule has 4 heteroatoms. The van der Waals surface area contributed by atoms with Gasteiger partial charge >= 0.3 is 0 Å². The molecular weight excluding hydrogens is 211 g/mol. The van der Waals surface area contributed by atoms with Gasteiger partial charge in [-0.3, -0.25) is 0 Å². The third kappa shape index (κ3) is 0.939. The molecular formula is C7H4BrFN2. The highest BCUT2D eigenvalue weighted by Gasteiger charge is 2.04. The Bertz CT molecular complexity index is 360. The van der Waals surface area contributed by atoms with E-state index in [0.29, 0.717) is 5.39 Å². The number of hydrogen-bond acceptors (Lipinski definition) is 1. The number of halogens is 2. The SMILES string of the molecule is Fc1ncc(Br)c2[nH]ccc12. The van der Waals surface area contributed by atoms with Gasteiger partial charge in [-0.2, -0.15) is 4.39 Å². The smallest absolute Gasteiger partial charge is 0.222 e. The first kappa shape index (κ1) is 6.79. The molecule has 0 aliphatic carbocycles. The summed E-state index contributed by atoms with van der Waals surface area (Å²) in [4.78, 5) is 6.45. The van der Waals surface area contributed by atoms with Crippen LogP contribution >= 0.6 is 15.9 Å². The van der Waals surface area contributed by atoms with Crippen molar-refractivity contribution in [2.45, 2.75) is 0 Å². The van der Waals surface area contributed by atoms with Crippen LogP contribution in [0.4, 0.5) is 4.39 Å². The van der Waals surface area contributed by atoms with Crippen LogP contribution in [0.5, 0.6) is 0 Å². The second-order valence-corrected chi connectivity index (χ2v) is 3.02. The number of nitrogens with zero attached hydrogens (tertiary/aromatic N) is 1. The summed E-state index contributed by atoms with van der Waals surface area (Å²) >= 11 is 3.25. The number of pyridine rings is 1. The molecule has 1 N–H and O–H groups in total. The van der Waals surface area contributed by atoms with Crippen molar-refractivity contribution < 1.29 is 4.39 Å². The molecule has 0 bridgehead atoms. The van der Waals surface area contributed by atoms with Gasteiger partial charge in [0.05, 0.1) is 15.4 Å². The fourth-order valence-corrected chi connectivity index (χ4v) is 1.42. The highest BCUT2D eigenvalue weighted by Crippen LogP contribution is 2.22. The third-order valence-corrected chi connectivity index (χ3v) is 2.10. The van der Waals surface area contributed by atoms with E-state index >= 15 is 0 Å². The molecule has 56 valence electrons. The van der Waals surface area contributed by atoms with E-state index in [1.165, 1.54) is 6.20 Å². The largest absolute Gasteiger partial charge is 0.360 e. The van der Waals surface area contributed by atoms with Gasteiger partial charge in [0.15, 0.2) is 0 Å². The summed E-state index contributed by atoms with van der Waals surface area (Å²) in [5.74, 6) is -0.440. The number of aromatic nitrogens is 2. The molecule has 0 saturated carbocycles. The van der Waals surface area contributed by atoms with Gasteiger partial charge in [-0.1, -0.05) is 0 Å². The zero-order valence-electron chi connectivity index (χ0n) is 5.44. The van der Waals surface area contributed by atoms with Crippen LogP contribution in [0, 0.1) is 5.95 Å². The summed E-state index contributed by atoms with van der Waals surface area (Å²) < 4.78 is 13.6. The van der Waals surface area contributed by atoms with Crippen molar-refractivity contribution >= 4 is 26.8 Å². The Labute approximate surface area is 70.6 Å². The molecule has 2 aromatic rings. The summed E-state index contributed by atoms with van der Waals surface area (Å²) in [7, 11) is 0. The van der Waals surface area contributed by atoms with Gasteiger partial charge in [-0.25, -0.2) is 4.98 Å². The molecule has 11 heavy (non-hydrogen) atoms. The van der Waals surface area contributed by atoms with Crippen molar-refractivity contribution in [3.63, 3.8) is 0 Å². The average molecular weight is 215 g/mol. The van der Waals surface area contributed by atoms with E-state index < -0.39 is 5.95 Å². The van der Waals surface area contributed by atoms with Crippen molar-refractivity contribution in [1.29, 1.82) is 0 Å². The molecule has 0 fully saturated rings. The maximum absolute atomic E-state index is 12.8. The molecule has 2 heterocycles. The Morgan fingerprint density at radius 1 is 1.55 bits per heavy atom. The fourth-order valence-electron chi connectivity index (χ4n) is 0.986. The topological polar surface area (TPSA) is 28.7 Å². The van der Waals surface area contributed by atoms with Crippen molar-refractivity contribution in [2.75, 3.05) is 0 Å². The van der Waals surface area contributed by atoms with Gasteiger partial charge in [0, 0.05) is 12.4 Å². The van der Waals surface area contributed by atoms with E-state index in [0.717, 1.165) is 9.99 Å². The molecule has 2 aromatic heterocycles. The summed E-state index contributed by atoms with van der Waals surface area (Å²) in [5, 5.41) is 0.513. The monoisotopic (exact) mass is 214 g/mol. The molecule has 2 rings (SSSR count). The van der Waals surface area contributed by atoms with E-state index in [4.69, 9.17) is 0 Å². The van der Waals surface area contributed by atoms with E-state index in [2.05, 4.69) is 25.9 Å². The Balaban J connectivity index is 2.96. The Hall–Kier alpha value is -0.900. The van der Waals surface area contributed by atoms with Crippen LogP contribution in [0.15, 0.2) is 22.9 Å². The second kappa shape index (κ2) is 2.30. The van der Waals surface area contributed by atoms with Gasteiger partial charge in [0.1, 0.15) is 0 Å². The van der Waals surface area contributed by atoms with Crippen LogP contribution in [0.1, 0.15) is 0 Å². The van der Waals surface area contributed by atoms with Gasteiger partial charge in [-0.05, 0) is 22.0 Å². The van der Waals surface area contributed by atoms with Crippen molar-refractivity contribution in [3.8, 4) is 0 Å². The van der Waals surface area contributed by atoms with Gasteiger partial charge < -0.3 is 4.98 Å². The van der Waals surface area contributed by atoms with Crippen LogP contribution < -0.4 is 0 Å². The van der Waals surface area contributed by atoms with Crippen LogP contribution in [0.25, 0.3) is 10.9 Å². The molecule has 0 spiro atoms. The summed E-state index contributed by atoms with van der Waals surface area (Å²) in [6.07, 6.45) is 3.12. The zero-order valence-corrected chi connectivity index (χ0v) is 7.02. The van der Waals surface area contributed by atoms with Crippen LogP contribution in [0.2, 0.25) is 0 Å². The highest BCUT2D eigenvalue weighted by atomic mass is 79.9. The molecule has 0 atom stereocenters. The highest BCUT2D eigenvalue weighted by molar-refractivity contribution is 9.10. The first-order valence-corrected chi connectivity index (χ1v) is 3.85. The number of nitrogens with one attached hydrogen (secondary N) is 1. The minimum Gasteiger partial charge on any atom is -0.360 e. The van der Waals surface area contributed by atoms with E-state index in [1.807, 2.05) is 0 Å². The maximum atomic E-state index is 12.8. The molecule has 2 nitrogen and oxygen atoms in total. The molecule has 0 radical (unpaired) electrons. The second-order valence-electron chi connectivity index (χ2n) is 2.16. The lowest BCUT2D eigenvalue weighted by Gasteiger charge is -1.93. The van der Waals surface area contributed by atoms with E-state index in [1.54, 1.807) is 12.3 Å². The average Bonchev–Trinajstić information content (AvgIpc) is 2.45. The fraction of sp³-hybridized carbons (Fsp3) is 0. The number of H-pyrrole nitrogens is 1. The Morgan fingerprint density at radius 2 is 2.36 bits per heavy atom. The molecule has 0 saturated heterocycles. The van der Waals surface area contributed by atoms with Gasteiger partial charge in [0.2, 0.25) is 5.95 Å². The standard InChI is InChI=1S/C7H4BrFN2/c8-5-3-11-7(9)4-1-2-10-6(4)5/h1-3,10H. The summed E-state index contributed by atoms with van der Waals surface area (Å²) in [5.41, 5.74) is 0.748. The minimum absolute atomic E-state index is 0.440. The normalized spacial score (nSPS) is 10.7. The van der Waals surface area contributed by atoms with Crippen LogP contribution in [0.3, 0.4) is 0 Å². The van der Waals surface area contributed by atoms with Crippen molar-refractivity contribution in [2.24, 2.45) is 0 Å². The number of hydrogen-bond donors (Lipinski definition) is 1. The molecule has 0 amide bonds. The molecule has 0 aromatic carbocycles. The van der Waals surface area contributed by atoms with Crippen molar-refractivity contribution in [1.82, 2.24) is 9.97 Å². The molecule has 0 unspecified atom stereocenters. The van der Waals surface area contributed by atoms with Gasteiger partial charge in [0.25, 0.3) is 0 Å². The lowest BCUT2D eigenvalue weighted by molar-refractivity contribution is 0.596. The van der Waals surface area contributed by atoms with E-state index in [9.17, 15) is 4.39 Å². The summed E-state index contributed by atoms with van der Waals surface area (Å²) in [6.45, 7) is 0. The minimum atomic E-state index is -0.440. The van der Waals surface area contributed by atoms with Crippen molar-refractivity contribution in [3.05, 3.63) is 28.9 Å². The van der Waals surface area contributed by atoms with Crippen LogP contribution in [-0.4, -0.2) is 9.97 Å². The van der Waals surface area contributed by atoms with E-state index in [-0.39, 0.29) is 0 Å². The number of aromatic amines is 1. The quantitative estimate of drug-likeness (QED) is 0.671. The maximum Gasteiger partial charge on any atom is 0.222 e. The Kier molecular flexibility index (Phi) is 1.42. The predicted molar refractivity (Wildman–Crippen MR) is 43.8 cm³/mol.